The summed E-state index contributed by atoms with van der Waals surface area (Å²) < 4.78 is 15.9. The number of hydrogen-bond donors (Lipinski definition) is 1. The van der Waals surface area contributed by atoms with E-state index in [1.54, 1.807) is 14.2 Å². The van der Waals surface area contributed by atoms with Gasteiger partial charge in [0.15, 0.2) is 0 Å². The number of amides is 1. The minimum absolute atomic E-state index is 0.0622. The van der Waals surface area contributed by atoms with Crippen LogP contribution in [-0.4, -0.2) is 32.8 Å². The maximum Gasteiger partial charge on any atom is 0.249 e. The molecule has 0 spiro atoms. The summed E-state index contributed by atoms with van der Waals surface area (Å²) in [7, 11) is 3.21. The van der Waals surface area contributed by atoms with Crippen molar-refractivity contribution in [1.29, 1.82) is 0 Å². The molecule has 1 heterocycles. The first-order valence-electron chi connectivity index (χ1n) is 6.79. The van der Waals surface area contributed by atoms with E-state index in [2.05, 4.69) is 5.32 Å². The summed E-state index contributed by atoms with van der Waals surface area (Å²) in [6, 6.07) is 5.42. The first-order chi connectivity index (χ1) is 9.65. The smallest absolute Gasteiger partial charge is 0.249 e. The van der Waals surface area contributed by atoms with Gasteiger partial charge in [-0.2, -0.15) is 0 Å². The zero-order valence-corrected chi connectivity index (χ0v) is 12.1. The van der Waals surface area contributed by atoms with Gasteiger partial charge in [0.25, 0.3) is 0 Å². The maximum absolute atomic E-state index is 12.1. The molecule has 1 N–H and O–H groups in total. The van der Waals surface area contributed by atoms with E-state index in [1.807, 2.05) is 25.1 Å². The summed E-state index contributed by atoms with van der Waals surface area (Å²) in [4.78, 5) is 12.1. The van der Waals surface area contributed by atoms with E-state index < -0.39 is 0 Å². The third-order valence-electron chi connectivity index (χ3n) is 3.49. The molecule has 20 heavy (non-hydrogen) atoms. The Bertz CT molecular complexity index is 469. The van der Waals surface area contributed by atoms with Crippen LogP contribution in [0.3, 0.4) is 0 Å². The Hall–Kier alpha value is -1.75. The van der Waals surface area contributed by atoms with Crippen molar-refractivity contribution < 1.29 is 19.0 Å². The van der Waals surface area contributed by atoms with Gasteiger partial charge in [-0.3, -0.25) is 4.79 Å². The first-order valence-corrected chi connectivity index (χ1v) is 6.79. The zero-order valence-electron chi connectivity index (χ0n) is 12.1. The third-order valence-corrected chi connectivity index (χ3v) is 3.49. The maximum atomic E-state index is 12.1. The van der Waals surface area contributed by atoms with Crippen LogP contribution in [0.4, 0.5) is 0 Å². The number of nitrogens with one attached hydrogen (secondary N) is 1. The Morgan fingerprint density at radius 1 is 1.40 bits per heavy atom. The van der Waals surface area contributed by atoms with Crippen LogP contribution >= 0.6 is 0 Å². The normalized spacial score (nSPS) is 19.4. The highest BCUT2D eigenvalue weighted by atomic mass is 16.5. The Labute approximate surface area is 119 Å². The van der Waals surface area contributed by atoms with E-state index >= 15 is 0 Å². The number of rotatable bonds is 5. The highest BCUT2D eigenvalue weighted by Gasteiger charge is 2.25. The van der Waals surface area contributed by atoms with Crippen molar-refractivity contribution in [3.63, 3.8) is 0 Å². The van der Waals surface area contributed by atoms with Gasteiger partial charge < -0.3 is 19.5 Å². The quantitative estimate of drug-likeness (QED) is 0.896. The molecule has 1 fully saturated rings. The molecule has 0 bridgehead atoms. The fourth-order valence-corrected chi connectivity index (χ4v) is 2.34. The van der Waals surface area contributed by atoms with Gasteiger partial charge in [0.1, 0.15) is 17.6 Å². The number of carbonyl (C=O) groups excluding carboxylic acids is 1. The number of hydrogen-bond acceptors (Lipinski definition) is 4. The van der Waals surface area contributed by atoms with Crippen LogP contribution in [0.25, 0.3) is 0 Å². The Kier molecular flexibility index (Phi) is 4.84. The fraction of sp³-hybridized carbons (Fsp3) is 0.533. The molecule has 0 aliphatic carbocycles. The molecule has 0 unspecified atom stereocenters. The van der Waals surface area contributed by atoms with Gasteiger partial charge in [-0.1, -0.05) is 0 Å². The lowest BCUT2D eigenvalue weighted by molar-refractivity contribution is -0.130. The van der Waals surface area contributed by atoms with Crippen molar-refractivity contribution in [3.8, 4) is 11.5 Å². The van der Waals surface area contributed by atoms with Crippen LogP contribution < -0.4 is 14.8 Å². The highest BCUT2D eigenvalue weighted by Crippen LogP contribution is 2.29. The molecule has 1 aliphatic rings. The monoisotopic (exact) mass is 279 g/mol. The topological polar surface area (TPSA) is 56.8 Å². The van der Waals surface area contributed by atoms with E-state index in [0.29, 0.717) is 12.4 Å². The predicted octanol–water partition coefficient (Wildman–Crippen LogP) is 2.06. The second-order valence-corrected chi connectivity index (χ2v) is 4.84. The molecule has 0 saturated carbocycles. The Morgan fingerprint density at radius 2 is 2.20 bits per heavy atom. The second kappa shape index (κ2) is 6.61. The lowest BCUT2D eigenvalue weighted by Crippen LogP contribution is -2.35. The molecule has 5 nitrogen and oxygen atoms in total. The van der Waals surface area contributed by atoms with Gasteiger partial charge in [-0.05, 0) is 31.9 Å². The largest absolute Gasteiger partial charge is 0.497 e. The standard InChI is InChI=1S/C15H21NO4/c1-10(16-15(17)13-5-4-8-20-13)12-7-6-11(18-2)9-14(12)19-3/h6-7,9-10,13H,4-5,8H2,1-3H3,(H,16,17)/t10-,13-/m1/s1. The van der Waals surface area contributed by atoms with E-state index in [-0.39, 0.29) is 18.1 Å². The minimum Gasteiger partial charge on any atom is -0.497 e. The average molecular weight is 279 g/mol. The fourth-order valence-electron chi connectivity index (χ4n) is 2.34. The van der Waals surface area contributed by atoms with Crippen molar-refractivity contribution >= 4 is 5.91 Å². The van der Waals surface area contributed by atoms with E-state index in [4.69, 9.17) is 14.2 Å². The minimum atomic E-state index is -0.318. The van der Waals surface area contributed by atoms with Gasteiger partial charge in [0.05, 0.1) is 20.3 Å². The summed E-state index contributed by atoms with van der Waals surface area (Å²) in [5.41, 5.74) is 0.916. The number of ether oxygens (including phenoxy) is 3. The van der Waals surface area contributed by atoms with E-state index in [9.17, 15) is 4.79 Å². The Morgan fingerprint density at radius 3 is 2.80 bits per heavy atom. The van der Waals surface area contributed by atoms with Crippen LogP contribution in [0.2, 0.25) is 0 Å². The highest BCUT2D eigenvalue weighted by molar-refractivity contribution is 5.81. The summed E-state index contributed by atoms with van der Waals surface area (Å²) >= 11 is 0. The summed E-state index contributed by atoms with van der Waals surface area (Å²) in [6.45, 7) is 2.59. The predicted molar refractivity (Wildman–Crippen MR) is 75.1 cm³/mol. The molecule has 0 aromatic heterocycles. The molecular formula is C15H21NO4. The van der Waals surface area contributed by atoms with Crippen LogP contribution in [0, 0.1) is 0 Å². The molecular weight excluding hydrogens is 258 g/mol. The van der Waals surface area contributed by atoms with Crippen molar-refractivity contribution in [1.82, 2.24) is 5.32 Å². The molecule has 1 aliphatic heterocycles. The van der Waals surface area contributed by atoms with Crippen LogP contribution in [0.15, 0.2) is 18.2 Å². The SMILES string of the molecule is COc1ccc([C@@H](C)NC(=O)[C@H]2CCCO2)c(OC)c1. The summed E-state index contributed by atoms with van der Waals surface area (Å²) in [6.07, 6.45) is 1.41. The average Bonchev–Trinajstić information content (AvgIpc) is 3.00. The van der Waals surface area contributed by atoms with Gasteiger partial charge in [0.2, 0.25) is 5.91 Å². The number of benzene rings is 1. The molecule has 2 atom stereocenters. The Balaban J connectivity index is 2.07. The van der Waals surface area contributed by atoms with Gasteiger partial charge in [0, 0.05) is 18.2 Å². The zero-order chi connectivity index (χ0) is 14.5. The lowest BCUT2D eigenvalue weighted by Gasteiger charge is -2.19. The molecule has 1 amide bonds. The lowest BCUT2D eigenvalue weighted by atomic mass is 10.1. The summed E-state index contributed by atoms with van der Waals surface area (Å²) in [5.74, 6) is 1.36. The van der Waals surface area contributed by atoms with Gasteiger partial charge >= 0.3 is 0 Å². The molecule has 1 saturated heterocycles. The molecule has 0 radical (unpaired) electrons. The van der Waals surface area contributed by atoms with Crippen LogP contribution in [-0.2, 0) is 9.53 Å². The van der Waals surface area contributed by atoms with E-state index in [1.165, 1.54) is 0 Å². The van der Waals surface area contributed by atoms with Gasteiger partial charge in [-0.25, -0.2) is 0 Å². The van der Waals surface area contributed by atoms with Crippen molar-refractivity contribution in [3.05, 3.63) is 23.8 Å². The number of carbonyl (C=O) groups is 1. The molecule has 110 valence electrons. The molecule has 1 aromatic rings. The molecule has 1 aromatic carbocycles. The first kappa shape index (κ1) is 14.7. The molecule has 2 rings (SSSR count). The second-order valence-electron chi connectivity index (χ2n) is 4.84. The van der Waals surface area contributed by atoms with Crippen molar-refractivity contribution in [2.45, 2.75) is 31.9 Å². The third kappa shape index (κ3) is 3.22. The summed E-state index contributed by atoms with van der Waals surface area (Å²) in [5, 5.41) is 2.97. The van der Waals surface area contributed by atoms with Crippen LogP contribution in [0.1, 0.15) is 31.4 Å². The van der Waals surface area contributed by atoms with Gasteiger partial charge in [-0.15, -0.1) is 0 Å². The van der Waals surface area contributed by atoms with Crippen molar-refractivity contribution in [2.75, 3.05) is 20.8 Å². The molecule has 5 heteroatoms. The van der Waals surface area contributed by atoms with Crippen molar-refractivity contribution in [2.24, 2.45) is 0 Å². The number of methoxy groups -OCH3 is 2. The van der Waals surface area contributed by atoms with Crippen LogP contribution in [0.5, 0.6) is 11.5 Å². The van der Waals surface area contributed by atoms with E-state index in [0.717, 1.165) is 24.2 Å².